The van der Waals surface area contributed by atoms with Crippen LogP contribution in [0.3, 0.4) is 0 Å². The summed E-state index contributed by atoms with van der Waals surface area (Å²) in [4.78, 5) is 30.9. The number of fused-ring (bicyclic) bond motifs is 4. The Morgan fingerprint density at radius 1 is 1.10 bits per heavy atom. The van der Waals surface area contributed by atoms with E-state index in [0.717, 1.165) is 21.0 Å². The van der Waals surface area contributed by atoms with Crippen LogP contribution in [0.25, 0.3) is 21.0 Å². The summed E-state index contributed by atoms with van der Waals surface area (Å²) in [7, 11) is 0. The number of anilines is 2. The molecule has 0 spiro atoms. The number of amides is 2. The highest BCUT2D eigenvalue weighted by molar-refractivity contribution is 7.22. The van der Waals surface area contributed by atoms with E-state index in [2.05, 4.69) is 16.4 Å². The fourth-order valence-electron chi connectivity index (χ4n) is 3.51. The number of benzene rings is 3. The van der Waals surface area contributed by atoms with Crippen LogP contribution in [0.4, 0.5) is 10.8 Å². The van der Waals surface area contributed by atoms with E-state index in [4.69, 9.17) is 4.74 Å². The molecule has 0 unspecified atom stereocenters. The minimum absolute atomic E-state index is 0.0103. The van der Waals surface area contributed by atoms with Gasteiger partial charge in [-0.15, -0.1) is 0 Å². The Kier molecular flexibility index (Phi) is 4.37. The number of carbonyl (C=O) groups excluding carboxylic acids is 2. The number of nitrogens with one attached hydrogen (secondary N) is 1. The van der Waals surface area contributed by atoms with Gasteiger partial charge in [-0.3, -0.25) is 9.59 Å². The second-order valence-corrected chi connectivity index (χ2v) is 7.78. The first-order valence-electron chi connectivity index (χ1n) is 9.29. The van der Waals surface area contributed by atoms with Crippen LogP contribution in [-0.4, -0.2) is 29.9 Å². The molecule has 6 nitrogen and oxygen atoms in total. The van der Waals surface area contributed by atoms with E-state index in [-0.39, 0.29) is 24.8 Å². The maximum Gasteiger partial charge on any atom is 0.265 e. The monoisotopic (exact) mass is 403 g/mol. The van der Waals surface area contributed by atoms with Gasteiger partial charge in [-0.1, -0.05) is 53.8 Å². The third-order valence-corrected chi connectivity index (χ3v) is 5.84. The molecule has 1 aliphatic heterocycles. The van der Waals surface area contributed by atoms with Crippen LogP contribution in [0, 0.1) is 0 Å². The molecule has 0 fully saturated rings. The summed E-state index contributed by atoms with van der Waals surface area (Å²) in [5.74, 6) is 0.332. The van der Waals surface area contributed by atoms with Crippen molar-refractivity contribution in [3.8, 4) is 5.75 Å². The summed E-state index contributed by atoms with van der Waals surface area (Å²) in [6.45, 7) is 0.280. The highest BCUT2D eigenvalue weighted by Crippen LogP contribution is 2.33. The highest BCUT2D eigenvalue weighted by atomic mass is 32.1. The van der Waals surface area contributed by atoms with Gasteiger partial charge in [-0.05, 0) is 23.6 Å². The van der Waals surface area contributed by atoms with Gasteiger partial charge < -0.3 is 15.0 Å². The molecule has 0 saturated carbocycles. The number of nitrogens with zero attached hydrogens (tertiary/aromatic N) is 2. The SMILES string of the molecule is O=C(CCN1C(=O)COc2ccccc21)Nc1nc2c(ccc3ccccc32)s1. The molecule has 0 atom stereocenters. The molecule has 144 valence electrons. The number of aromatic nitrogens is 1. The minimum atomic E-state index is -0.176. The summed E-state index contributed by atoms with van der Waals surface area (Å²) >= 11 is 1.45. The number of rotatable bonds is 4. The van der Waals surface area contributed by atoms with Gasteiger partial charge in [0.05, 0.1) is 15.9 Å². The van der Waals surface area contributed by atoms with Crippen molar-refractivity contribution in [2.75, 3.05) is 23.4 Å². The molecule has 0 bridgehead atoms. The Labute approximate surface area is 170 Å². The number of thiazole rings is 1. The molecule has 5 rings (SSSR count). The number of para-hydroxylation sites is 2. The second kappa shape index (κ2) is 7.18. The van der Waals surface area contributed by atoms with Crippen molar-refractivity contribution < 1.29 is 14.3 Å². The molecule has 0 radical (unpaired) electrons. The maximum absolute atomic E-state index is 12.5. The lowest BCUT2D eigenvalue weighted by atomic mass is 10.1. The van der Waals surface area contributed by atoms with Crippen LogP contribution < -0.4 is 15.0 Å². The largest absolute Gasteiger partial charge is 0.482 e. The summed E-state index contributed by atoms with van der Waals surface area (Å²) in [5.41, 5.74) is 1.59. The lowest BCUT2D eigenvalue weighted by molar-refractivity contribution is -0.121. The lowest BCUT2D eigenvalue weighted by Crippen LogP contribution is -2.40. The Morgan fingerprint density at radius 3 is 2.86 bits per heavy atom. The Bertz CT molecular complexity index is 1250. The van der Waals surface area contributed by atoms with Crippen LogP contribution >= 0.6 is 11.3 Å². The third kappa shape index (κ3) is 3.30. The average Bonchev–Trinajstić information content (AvgIpc) is 3.16. The van der Waals surface area contributed by atoms with E-state index in [1.807, 2.05) is 54.6 Å². The highest BCUT2D eigenvalue weighted by Gasteiger charge is 2.25. The number of hydrogen-bond donors (Lipinski definition) is 1. The van der Waals surface area contributed by atoms with Crippen LogP contribution in [0.2, 0.25) is 0 Å². The van der Waals surface area contributed by atoms with Gasteiger partial charge >= 0.3 is 0 Å². The minimum Gasteiger partial charge on any atom is -0.482 e. The van der Waals surface area contributed by atoms with Crippen molar-refractivity contribution >= 4 is 55.0 Å². The summed E-state index contributed by atoms with van der Waals surface area (Å²) in [5, 5.41) is 5.62. The molecule has 1 aliphatic rings. The van der Waals surface area contributed by atoms with Gasteiger partial charge in [-0.25, -0.2) is 4.98 Å². The van der Waals surface area contributed by atoms with E-state index in [1.54, 1.807) is 4.90 Å². The van der Waals surface area contributed by atoms with Crippen molar-refractivity contribution in [1.29, 1.82) is 0 Å². The molecular formula is C22H17N3O3S. The molecule has 3 aromatic carbocycles. The van der Waals surface area contributed by atoms with Crippen molar-refractivity contribution in [1.82, 2.24) is 4.98 Å². The number of hydrogen-bond acceptors (Lipinski definition) is 5. The number of carbonyl (C=O) groups is 2. The zero-order valence-corrected chi connectivity index (χ0v) is 16.2. The van der Waals surface area contributed by atoms with Gasteiger partial charge in [0.1, 0.15) is 5.75 Å². The molecule has 7 heteroatoms. The van der Waals surface area contributed by atoms with E-state index < -0.39 is 0 Å². The summed E-state index contributed by atoms with van der Waals surface area (Å²) in [6.07, 6.45) is 0.177. The fraction of sp³-hybridized carbons (Fsp3) is 0.136. The zero-order chi connectivity index (χ0) is 19.8. The average molecular weight is 403 g/mol. The topological polar surface area (TPSA) is 71.5 Å². The van der Waals surface area contributed by atoms with E-state index in [9.17, 15) is 9.59 Å². The summed E-state index contributed by atoms with van der Waals surface area (Å²) in [6, 6.07) is 19.5. The first-order chi connectivity index (χ1) is 14.2. The standard InChI is InChI=1S/C22H17N3O3S/c26-19(11-12-25-16-7-3-4-8-17(16)28-13-20(25)27)23-22-24-21-15-6-2-1-5-14(15)9-10-18(21)29-22/h1-10H,11-13H2,(H,23,24,26). The third-order valence-electron chi connectivity index (χ3n) is 4.90. The predicted molar refractivity (Wildman–Crippen MR) is 115 cm³/mol. The second-order valence-electron chi connectivity index (χ2n) is 6.75. The number of ether oxygens (including phenoxy) is 1. The summed E-state index contributed by atoms with van der Waals surface area (Å²) < 4.78 is 6.46. The first kappa shape index (κ1) is 17.6. The molecule has 2 amide bonds. The van der Waals surface area contributed by atoms with Crippen LogP contribution in [0.15, 0.2) is 60.7 Å². The molecule has 0 aliphatic carbocycles. The predicted octanol–water partition coefficient (Wildman–Crippen LogP) is 4.20. The van der Waals surface area contributed by atoms with Crippen LogP contribution in [0.1, 0.15) is 6.42 Å². The Balaban J connectivity index is 1.31. The first-order valence-corrected chi connectivity index (χ1v) is 10.1. The van der Waals surface area contributed by atoms with Gasteiger partial charge in [0.2, 0.25) is 5.91 Å². The lowest BCUT2D eigenvalue weighted by Gasteiger charge is -2.29. The van der Waals surface area contributed by atoms with Crippen molar-refractivity contribution in [2.45, 2.75) is 6.42 Å². The van der Waals surface area contributed by atoms with E-state index in [1.165, 1.54) is 11.3 Å². The molecule has 2 heterocycles. The zero-order valence-electron chi connectivity index (χ0n) is 15.4. The smallest absolute Gasteiger partial charge is 0.265 e. The molecule has 1 aromatic heterocycles. The van der Waals surface area contributed by atoms with E-state index in [0.29, 0.717) is 23.1 Å². The molecule has 4 aromatic rings. The van der Waals surface area contributed by atoms with Gasteiger partial charge in [0, 0.05) is 18.4 Å². The van der Waals surface area contributed by atoms with Crippen molar-refractivity contribution in [2.24, 2.45) is 0 Å². The molecule has 1 N–H and O–H groups in total. The quantitative estimate of drug-likeness (QED) is 0.554. The van der Waals surface area contributed by atoms with Crippen molar-refractivity contribution in [3.05, 3.63) is 60.7 Å². The molecule has 0 saturated heterocycles. The Morgan fingerprint density at radius 2 is 1.93 bits per heavy atom. The fourth-order valence-corrected chi connectivity index (χ4v) is 4.41. The van der Waals surface area contributed by atoms with Crippen LogP contribution in [0.5, 0.6) is 5.75 Å². The molecular weight excluding hydrogens is 386 g/mol. The van der Waals surface area contributed by atoms with Gasteiger partial charge in [0.25, 0.3) is 5.91 Å². The van der Waals surface area contributed by atoms with Gasteiger partial charge in [-0.2, -0.15) is 0 Å². The molecule has 29 heavy (non-hydrogen) atoms. The van der Waals surface area contributed by atoms with E-state index >= 15 is 0 Å². The van der Waals surface area contributed by atoms with Crippen LogP contribution in [-0.2, 0) is 9.59 Å². The maximum atomic E-state index is 12.5. The Hall–Kier alpha value is -3.45. The normalized spacial score (nSPS) is 13.4. The van der Waals surface area contributed by atoms with Crippen molar-refractivity contribution in [3.63, 3.8) is 0 Å². The van der Waals surface area contributed by atoms with Gasteiger partial charge in [0.15, 0.2) is 11.7 Å².